The van der Waals surface area contributed by atoms with Gasteiger partial charge in [0.1, 0.15) is 5.75 Å². The Morgan fingerprint density at radius 2 is 1.58 bits per heavy atom. The molecule has 2 rings (SSSR count). The fourth-order valence-corrected chi connectivity index (χ4v) is 2.08. The van der Waals surface area contributed by atoms with Crippen molar-refractivity contribution in [3.8, 4) is 5.75 Å². The predicted octanol–water partition coefficient (Wildman–Crippen LogP) is 2.92. The van der Waals surface area contributed by atoms with Gasteiger partial charge in [-0.2, -0.15) is 8.42 Å². The number of hydrogen-bond acceptors (Lipinski definition) is 4. The summed E-state index contributed by atoms with van der Waals surface area (Å²) < 4.78 is 31.0. The van der Waals surface area contributed by atoms with Crippen molar-refractivity contribution in [3.63, 3.8) is 0 Å². The molecule has 0 radical (unpaired) electrons. The molecule has 0 aliphatic carbocycles. The minimum Gasteiger partial charge on any atom is -0.497 e. The molecule has 0 fully saturated rings. The third-order valence-electron chi connectivity index (χ3n) is 3.20. The summed E-state index contributed by atoms with van der Waals surface area (Å²) in [5, 5.41) is 3.54. The minimum absolute atomic E-state index is 0.452. The van der Waals surface area contributed by atoms with E-state index in [0.29, 0.717) is 12.3 Å². The summed E-state index contributed by atoms with van der Waals surface area (Å²) >= 11 is 0. The van der Waals surface area contributed by atoms with Gasteiger partial charge in [0.15, 0.2) is 0 Å². The number of benzene rings is 2. The molecule has 1 unspecified atom stereocenters. The first kappa shape index (κ1) is 20.2. The molecule has 0 aromatic heterocycles. The Morgan fingerprint density at radius 1 is 1.04 bits per heavy atom. The zero-order valence-electron chi connectivity index (χ0n) is 14.3. The van der Waals surface area contributed by atoms with Gasteiger partial charge in [0.2, 0.25) is 0 Å². The van der Waals surface area contributed by atoms with Crippen molar-refractivity contribution in [1.29, 1.82) is 0 Å². The highest BCUT2D eigenvalue weighted by Gasteiger charge is 2.03. The Kier molecular flexibility index (Phi) is 8.46. The van der Waals surface area contributed by atoms with Gasteiger partial charge in [-0.3, -0.25) is 4.55 Å². The molecule has 0 saturated heterocycles. The first-order valence-corrected chi connectivity index (χ1v) is 9.45. The molecule has 0 aliphatic rings. The lowest BCUT2D eigenvalue weighted by Crippen LogP contribution is -2.27. The van der Waals surface area contributed by atoms with Crippen molar-refractivity contribution in [1.82, 2.24) is 5.32 Å². The van der Waals surface area contributed by atoms with Crippen molar-refractivity contribution in [2.75, 3.05) is 13.4 Å². The first-order chi connectivity index (χ1) is 11.3. The van der Waals surface area contributed by atoms with E-state index in [4.69, 9.17) is 9.29 Å². The molecule has 1 atom stereocenters. The molecule has 132 valence electrons. The number of hydrogen-bond donors (Lipinski definition) is 2. The van der Waals surface area contributed by atoms with E-state index >= 15 is 0 Å². The lowest BCUT2D eigenvalue weighted by atomic mass is 10.1. The zero-order chi connectivity index (χ0) is 18.0. The number of nitrogens with one attached hydrogen (secondary N) is 1. The molecule has 2 N–H and O–H groups in total. The molecule has 5 nitrogen and oxygen atoms in total. The normalized spacial score (nSPS) is 12.0. The van der Waals surface area contributed by atoms with Crippen LogP contribution in [0, 0.1) is 0 Å². The van der Waals surface area contributed by atoms with Crippen molar-refractivity contribution in [2.45, 2.75) is 25.9 Å². The average molecular weight is 351 g/mol. The summed E-state index contributed by atoms with van der Waals surface area (Å²) in [6, 6.07) is 19.2. The highest BCUT2D eigenvalue weighted by atomic mass is 32.2. The molecule has 6 heteroatoms. The summed E-state index contributed by atoms with van der Waals surface area (Å²) in [5.74, 6) is 0.911. The molecule has 24 heavy (non-hydrogen) atoms. The lowest BCUT2D eigenvalue weighted by Gasteiger charge is -2.14. The van der Waals surface area contributed by atoms with Gasteiger partial charge in [0, 0.05) is 12.6 Å². The molecule has 0 saturated carbocycles. The second-order valence-corrected chi connectivity index (χ2v) is 7.02. The van der Waals surface area contributed by atoms with Gasteiger partial charge < -0.3 is 10.1 Å². The van der Waals surface area contributed by atoms with E-state index in [9.17, 15) is 8.42 Å². The van der Waals surface area contributed by atoms with Crippen molar-refractivity contribution in [3.05, 3.63) is 65.7 Å². The van der Waals surface area contributed by atoms with Gasteiger partial charge >= 0.3 is 0 Å². The van der Waals surface area contributed by atoms with Crippen LogP contribution in [0.25, 0.3) is 0 Å². The zero-order valence-corrected chi connectivity index (χ0v) is 15.1. The maximum Gasteiger partial charge on any atom is 0.261 e. The molecule has 0 spiro atoms. The van der Waals surface area contributed by atoms with Crippen LogP contribution < -0.4 is 10.1 Å². The van der Waals surface area contributed by atoms with Gasteiger partial charge in [-0.05, 0) is 36.6 Å². The second kappa shape index (κ2) is 10.1. The van der Waals surface area contributed by atoms with E-state index in [2.05, 4.69) is 48.6 Å². The molecule has 0 heterocycles. The quantitative estimate of drug-likeness (QED) is 0.783. The van der Waals surface area contributed by atoms with E-state index in [1.165, 1.54) is 11.1 Å². The van der Waals surface area contributed by atoms with Gasteiger partial charge in [-0.1, -0.05) is 42.5 Å². The smallest absolute Gasteiger partial charge is 0.261 e. The molecular formula is C18H25NO4S. The largest absolute Gasteiger partial charge is 0.497 e. The number of rotatable bonds is 6. The Hall–Kier alpha value is -1.89. The summed E-state index contributed by atoms with van der Waals surface area (Å²) in [7, 11) is -1.97. The van der Waals surface area contributed by atoms with Gasteiger partial charge in [-0.25, -0.2) is 0 Å². The maximum absolute atomic E-state index is 9.19. The number of ether oxygens (including phenoxy) is 1. The van der Waals surface area contributed by atoms with E-state index in [0.717, 1.165) is 18.7 Å². The van der Waals surface area contributed by atoms with Crippen LogP contribution in [0.5, 0.6) is 5.75 Å². The fourth-order valence-electron chi connectivity index (χ4n) is 2.08. The van der Waals surface area contributed by atoms with Crippen LogP contribution >= 0.6 is 0 Å². The Balaban J connectivity index is 0.000000505. The topological polar surface area (TPSA) is 75.6 Å². The van der Waals surface area contributed by atoms with Crippen LogP contribution in [-0.4, -0.2) is 32.4 Å². The van der Waals surface area contributed by atoms with Crippen molar-refractivity contribution < 1.29 is 17.7 Å². The molecular weight excluding hydrogens is 326 g/mol. The van der Waals surface area contributed by atoms with Gasteiger partial charge in [-0.15, -0.1) is 0 Å². The van der Waals surface area contributed by atoms with Crippen LogP contribution in [0.1, 0.15) is 18.1 Å². The highest BCUT2D eigenvalue weighted by Crippen LogP contribution is 2.12. The first-order valence-electron chi connectivity index (χ1n) is 7.60. The molecule has 2 aromatic rings. The van der Waals surface area contributed by atoms with Crippen LogP contribution in [0.4, 0.5) is 0 Å². The van der Waals surface area contributed by atoms with E-state index < -0.39 is 10.1 Å². The van der Waals surface area contributed by atoms with Crippen LogP contribution in [0.15, 0.2) is 54.6 Å². The monoisotopic (exact) mass is 351 g/mol. The highest BCUT2D eigenvalue weighted by molar-refractivity contribution is 7.85. The predicted molar refractivity (Wildman–Crippen MR) is 96.9 cm³/mol. The third-order valence-corrected chi connectivity index (χ3v) is 3.20. The van der Waals surface area contributed by atoms with E-state index in [1.807, 2.05) is 18.2 Å². The van der Waals surface area contributed by atoms with Gasteiger partial charge in [0.25, 0.3) is 10.1 Å². The number of methoxy groups -OCH3 is 1. The summed E-state index contributed by atoms with van der Waals surface area (Å²) in [6.07, 6.45) is 1.74. The lowest BCUT2D eigenvalue weighted by molar-refractivity contribution is 0.414. The van der Waals surface area contributed by atoms with Crippen molar-refractivity contribution in [2.24, 2.45) is 0 Å². The minimum atomic E-state index is -3.67. The Bertz CT molecular complexity index is 677. The van der Waals surface area contributed by atoms with Crippen LogP contribution in [0.2, 0.25) is 0 Å². The van der Waals surface area contributed by atoms with E-state index in [-0.39, 0.29) is 0 Å². The standard InChI is InChI=1S/C17H21NO.CH4O3S/c1-14(18-13-16-6-4-3-5-7-16)12-15-8-10-17(19-2)11-9-15;1-5(2,3)4/h3-11,14,18H,12-13H2,1-2H3;1H3,(H,2,3,4). The Morgan fingerprint density at radius 3 is 2.08 bits per heavy atom. The van der Waals surface area contributed by atoms with Crippen LogP contribution in [-0.2, 0) is 23.1 Å². The summed E-state index contributed by atoms with van der Waals surface area (Å²) in [6.45, 7) is 3.13. The molecule has 0 amide bonds. The molecule has 0 aliphatic heterocycles. The Labute approximate surface area is 144 Å². The average Bonchev–Trinajstić information content (AvgIpc) is 2.53. The van der Waals surface area contributed by atoms with E-state index in [1.54, 1.807) is 7.11 Å². The molecule has 0 bridgehead atoms. The fraction of sp³-hybridized carbons (Fsp3) is 0.333. The maximum atomic E-state index is 9.19. The summed E-state index contributed by atoms with van der Waals surface area (Å²) in [4.78, 5) is 0. The molecule has 2 aromatic carbocycles. The SMILES string of the molecule is COc1ccc(CC(C)NCc2ccccc2)cc1.CS(=O)(=O)O. The van der Waals surface area contributed by atoms with Crippen molar-refractivity contribution >= 4 is 10.1 Å². The second-order valence-electron chi connectivity index (χ2n) is 5.55. The van der Waals surface area contributed by atoms with Gasteiger partial charge in [0.05, 0.1) is 13.4 Å². The summed E-state index contributed by atoms with van der Waals surface area (Å²) in [5.41, 5.74) is 2.65. The van der Waals surface area contributed by atoms with Crippen LogP contribution in [0.3, 0.4) is 0 Å². The third kappa shape index (κ3) is 9.99.